The maximum atomic E-state index is 12.2. The van der Waals surface area contributed by atoms with E-state index in [-0.39, 0.29) is 31.3 Å². The molecule has 0 unspecified atom stereocenters. The number of carbonyl (C=O) groups is 2. The van der Waals surface area contributed by atoms with E-state index in [2.05, 4.69) is 0 Å². The molecule has 0 N–H and O–H groups in total. The second-order valence-corrected chi connectivity index (χ2v) is 4.39. The number of rotatable bonds is 9. The molecule has 116 valence electrons. The van der Waals surface area contributed by atoms with Gasteiger partial charge in [0.05, 0.1) is 18.8 Å². The highest BCUT2D eigenvalue weighted by Gasteiger charge is 2.25. The summed E-state index contributed by atoms with van der Waals surface area (Å²) in [6, 6.07) is 5.00. The van der Waals surface area contributed by atoms with Gasteiger partial charge in [0, 0.05) is 13.4 Å². The second kappa shape index (κ2) is 9.38. The SMILES string of the molecule is CCOC(=O)C(=O)c1c(COSC)cccc1OCOC. The summed E-state index contributed by atoms with van der Waals surface area (Å²) < 4.78 is 20.2. The highest BCUT2D eigenvalue weighted by atomic mass is 32.2. The van der Waals surface area contributed by atoms with E-state index in [9.17, 15) is 9.59 Å². The van der Waals surface area contributed by atoms with E-state index in [1.165, 1.54) is 19.2 Å². The first kappa shape index (κ1) is 17.5. The predicted octanol–water partition coefficient (Wildman–Crippen LogP) is 2.21. The Labute approximate surface area is 127 Å². The summed E-state index contributed by atoms with van der Waals surface area (Å²) in [5.74, 6) is -1.42. The molecule has 0 saturated carbocycles. The highest BCUT2D eigenvalue weighted by molar-refractivity contribution is 7.93. The van der Waals surface area contributed by atoms with Crippen molar-refractivity contribution in [2.45, 2.75) is 13.5 Å². The Morgan fingerprint density at radius 3 is 2.67 bits per heavy atom. The number of ether oxygens (including phenoxy) is 3. The number of benzene rings is 1. The number of carbonyl (C=O) groups excluding carboxylic acids is 2. The molecule has 0 aromatic heterocycles. The third kappa shape index (κ3) is 5.04. The van der Waals surface area contributed by atoms with Crippen LogP contribution in [-0.2, 0) is 25.1 Å². The lowest BCUT2D eigenvalue weighted by molar-refractivity contribution is -0.137. The van der Waals surface area contributed by atoms with Crippen LogP contribution in [0.5, 0.6) is 5.75 Å². The summed E-state index contributed by atoms with van der Waals surface area (Å²) in [7, 11) is 1.47. The molecule has 6 nitrogen and oxygen atoms in total. The van der Waals surface area contributed by atoms with Gasteiger partial charge in [-0.05, 0) is 30.6 Å². The average Bonchev–Trinajstić information content (AvgIpc) is 2.50. The van der Waals surface area contributed by atoms with Crippen molar-refractivity contribution in [3.8, 4) is 5.75 Å². The van der Waals surface area contributed by atoms with Gasteiger partial charge in [-0.15, -0.1) is 0 Å². The van der Waals surface area contributed by atoms with Crippen LogP contribution in [0.15, 0.2) is 18.2 Å². The highest BCUT2D eigenvalue weighted by Crippen LogP contribution is 2.25. The molecule has 0 heterocycles. The third-order valence-electron chi connectivity index (χ3n) is 2.46. The van der Waals surface area contributed by atoms with Gasteiger partial charge >= 0.3 is 5.97 Å². The zero-order valence-corrected chi connectivity index (χ0v) is 13.0. The van der Waals surface area contributed by atoms with Crippen molar-refractivity contribution in [3.05, 3.63) is 29.3 Å². The maximum absolute atomic E-state index is 12.2. The Morgan fingerprint density at radius 2 is 2.05 bits per heavy atom. The van der Waals surface area contributed by atoms with Gasteiger partial charge in [-0.1, -0.05) is 12.1 Å². The summed E-state index contributed by atoms with van der Waals surface area (Å²) in [4.78, 5) is 23.9. The molecule has 7 heteroatoms. The molecule has 21 heavy (non-hydrogen) atoms. The lowest BCUT2D eigenvalue weighted by Gasteiger charge is -2.13. The van der Waals surface area contributed by atoms with Crippen LogP contribution in [0, 0.1) is 0 Å². The first-order valence-electron chi connectivity index (χ1n) is 6.26. The quantitative estimate of drug-likeness (QED) is 0.227. The van der Waals surface area contributed by atoms with Crippen LogP contribution >= 0.6 is 12.0 Å². The molecular weight excluding hydrogens is 296 g/mol. The fraction of sp³-hybridized carbons (Fsp3) is 0.429. The van der Waals surface area contributed by atoms with E-state index in [0.717, 1.165) is 0 Å². The standard InChI is InChI=1S/C14H18O6S/c1-4-18-14(16)13(15)12-10(8-20-21-3)6-5-7-11(12)19-9-17-2/h5-7H,4,8-9H2,1-3H3. The summed E-state index contributed by atoms with van der Waals surface area (Å²) in [5, 5.41) is 0. The molecule has 0 spiro atoms. The Balaban J connectivity index is 3.14. The lowest BCUT2D eigenvalue weighted by atomic mass is 10.0. The van der Waals surface area contributed by atoms with Crippen LogP contribution in [-0.4, -0.2) is 38.5 Å². The Kier molecular flexibility index (Phi) is 7.81. The molecule has 1 aromatic rings. The molecule has 0 atom stereocenters. The lowest BCUT2D eigenvalue weighted by Crippen LogP contribution is -2.20. The van der Waals surface area contributed by atoms with Gasteiger partial charge in [0.25, 0.3) is 5.78 Å². The van der Waals surface area contributed by atoms with Crippen LogP contribution in [0.1, 0.15) is 22.8 Å². The van der Waals surface area contributed by atoms with Gasteiger partial charge < -0.3 is 18.4 Å². The van der Waals surface area contributed by atoms with Crippen molar-refractivity contribution in [2.75, 3.05) is 26.8 Å². The van der Waals surface area contributed by atoms with E-state index < -0.39 is 11.8 Å². The zero-order valence-electron chi connectivity index (χ0n) is 12.2. The van der Waals surface area contributed by atoms with E-state index in [4.69, 9.17) is 18.4 Å². The number of hydrogen-bond acceptors (Lipinski definition) is 7. The van der Waals surface area contributed by atoms with Crippen molar-refractivity contribution < 1.29 is 28.0 Å². The van der Waals surface area contributed by atoms with Gasteiger partial charge in [0.15, 0.2) is 6.79 Å². The second-order valence-electron chi connectivity index (χ2n) is 3.82. The molecule has 1 aromatic carbocycles. The Morgan fingerprint density at radius 1 is 1.29 bits per heavy atom. The van der Waals surface area contributed by atoms with Crippen molar-refractivity contribution >= 4 is 23.8 Å². The van der Waals surface area contributed by atoms with Crippen LogP contribution in [0.2, 0.25) is 0 Å². The van der Waals surface area contributed by atoms with Crippen LogP contribution < -0.4 is 4.74 Å². The molecule has 0 saturated heterocycles. The van der Waals surface area contributed by atoms with Gasteiger partial charge in [0.2, 0.25) is 0 Å². The van der Waals surface area contributed by atoms with Crippen LogP contribution in [0.25, 0.3) is 0 Å². The van der Waals surface area contributed by atoms with Crippen molar-refractivity contribution in [1.29, 1.82) is 0 Å². The Hall–Kier alpha value is -1.57. The monoisotopic (exact) mass is 314 g/mol. The number of Topliss-reactive ketones (excluding diaryl/α,β-unsaturated/α-hetero) is 1. The van der Waals surface area contributed by atoms with Gasteiger partial charge in [-0.3, -0.25) is 4.79 Å². The van der Waals surface area contributed by atoms with Crippen molar-refractivity contribution in [2.24, 2.45) is 0 Å². The topological polar surface area (TPSA) is 71.1 Å². The molecule has 1 rings (SSSR count). The molecule has 0 amide bonds. The Bertz CT molecular complexity index is 462. The fourth-order valence-electron chi connectivity index (χ4n) is 1.62. The first-order valence-corrected chi connectivity index (χ1v) is 7.41. The number of hydrogen-bond donors (Lipinski definition) is 0. The number of ketones is 1. The first-order chi connectivity index (χ1) is 10.2. The van der Waals surface area contributed by atoms with Crippen molar-refractivity contribution in [3.63, 3.8) is 0 Å². The molecule has 0 bridgehead atoms. The molecule has 0 fully saturated rings. The van der Waals surface area contributed by atoms with Crippen LogP contribution in [0.3, 0.4) is 0 Å². The molecule has 0 aliphatic rings. The van der Waals surface area contributed by atoms with E-state index >= 15 is 0 Å². The van der Waals surface area contributed by atoms with Gasteiger partial charge in [-0.2, -0.15) is 0 Å². The average molecular weight is 314 g/mol. The largest absolute Gasteiger partial charge is 0.467 e. The molecule has 0 radical (unpaired) electrons. The number of esters is 1. The third-order valence-corrected chi connectivity index (χ3v) is 2.82. The maximum Gasteiger partial charge on any atom is 0.379 e. The smallest absolute Gasteiger partial charge is 0.379 e. The van der Waals surface area contributed by atoms with Crippen molar-refractivity contribution in [1.82, 2.24) is 0 Å². The summed E-state index contributed by atoms with van der Waals surface area (Å²) in [5.41, 5.74) is 0.693. The van der Waals surface area contributed by atoms with Gasteiger partial charge in [0.1, 0.15) is 5.75 Å². The van der Waals surface area contributed by atoms with E-state index in [1.807, 2.05) is 0 Å². The summed E-state index contributed by atoms with van der Waals surface area (Å²) in [6.07, 6.45) is 1.76. The van der Waals surface area contributed by atoms with E-state index in [0.29, 0.717) is 5.56 Å². The summed E-state index contributed by atoms with van der Waals surface area (Å²) >= 11 is 1.17. The molecule has 0 aliphatic carbocycles. The molecular formula is C14H18O6S. The fourth-order valence-corrected chi connectivity index (χ4v) is 1.86. The van der Waals surface area contributed by atoms with Crippen LogP contribution in [0.4, 0.5) is 0 Å². The van der Waals surface area contributed by atoms with Gasteiger partial charge in [-0.25, -0.2) is 4.79 Å². The minimum absolute atomic E-state index is 0.0318. The van der Waals surface area contributed by atoms with E-state index in [1.54, 1.807) is 31.4 Å². The predicted molar refractivity (Wildman–Crippen MR) is 78.2 cm³/mol. The number of methoxy groups -OCH3 is 1. The zero-order chi connectivity index (χ0) is 15.7. The minimum Gasteiger partial charge on any atom is -0.467 e. The normalized spacial score (nSPS) is 10.2. The molecule has 0 aliphatic heterocycles. The summed E-state index contributed by atoms with van der Waals surface area (Å²) in [6.45, 7) is 1.90. The minimum atomic E-state index is -0.920.